The molecule has 4 aromatic rings. The predicted molar refractivity (Wildman–Crippen MR) is 179 cm³/mol. The SMILES string of the molecule is CCCCNC(=O)[C@H](Cc1ccccc1)N(Cc1ccc(F)cc1)C(=O)CN(c1ccccc1)S(=O)(=O)c1ccc(OC)c(OC)c1. The first kappa shape index (κ1) is 35.0. The maximum Gasteiger partial charge on any atom is 0.264 e. The molecule has 0 aliphatic rings. The molecule has 0 saturated carbocycles. The van der Waals surface area contributed by atoms with Crippen LogP contribution in [0.2, 0.25) is 0 Å². The highest BCUT2D eigenvalue weighted by molar-refractivity contribution is 7.92. The van der Waals surface area contributed by atoms with Gasteiger partial charge in [-0.3, -0.25) is 13.9 Å². The largest absolute Gasteiger partial charge is 0.493 e. The second-order valence-electron chi connectivity index (χ2n) is 10.9. The van der Waals surface area contributed by atoms with E-state index >= 15 is 0 Å². The Hall–Kier alpha value is -4.90. The van der Waals surface area contributed by atoms with E-state index in [1.54, 1.807) is 42.5 Å². The quantitative estimate of drug-likeness (QED) is 0.157. The van der Waals surface area contributed by atoms with Crippen LogP contribution in [0.1, 0.15) is 30.9 Å². The first-order valence-corrected chi connectivity index (χ1v) is 16.8. The third-order valence-corrected chi connectivity index (χ3v) is 9.40. The highest BCUT2D eigenvalue weighted by atomic mass is 32.2. The van der Waals surface area contributed by atoms with E-state index < -0.39 is 34.3 Å². The van der Waals surface area contributed by atoms with Gasteiger partial charge in [-0.2, -0.15) is 0 Å². The number of hydrogen-bond donors (Lipinski definition) is 1. The summed E-state index contributed by atoms with van der Waals surface area (Å²) in [5.74, 6) is -0.878. The van der Waals surface area contributed by atoms with Gasteiger partial charge >= 0.3 is 0 Å². The molecule has 9 nitrogen and oxygen atoms in total. The van der Waals surface area contributed by atoms with Crippen molar-refractivity contribution in [2.45, 2.75) is 43.7 Å². The van der Waals surface area contributed by atoms with Gasteiger partial charge in [-0.15, -0.1) is 0 Å². The van der Waals surface area contributed by atoms with E-state index in [0.29, 0.717) is 17.9 Å². The molecule has 0 aliphatic heterocycles. The van der Waals surface area contributed by atoms with Crippen LogP contribution in [0, 0.1) is 5.82 Å². The number of amides is 2. The lowest BCUT2D eigenvalue weighted by Gasteiger charge is -2.34. The van der Waals surface area contributed by atoms with Crippen LogP contribution in [0.4, 0.5) is 10.1 Å². The summed E-state index contributed by atoms with van der Waals surface area (Å²) in [6, 6.07) is 26.4. The number of ether oxygens (including phenoxy) is 2. The summed E-state index contributed by atoms with van der Waals surface area (Å²) in [6.45, 7) is 1.75. The van der Waals surface area contributed by atoms with Gasteiger partial charge in [0.1, 0.15) is 18.4 Å². The lowest BCUT2D eigenvalue weighted by Crippen LogP contribution is -2.53. The van der Waals surface area contributed by atoms with Crippen LogP contribution in [0.25, 0.3) is 0 Å². The number of methoxy groups -OCH3 is 2. The highest BCUT2D eigenvalue weighted by Crippen LogP contribution is 2.32. The zero-order chi connectivity index (χ0) is 33.8. The summed E-state index contributed by atoms with van der Waals surface area (Å²) in [5, 5.41) is 2.95. The molecule has 1 N–H and O–H groups in total. The zero-order valence-corrected chi connectivity index (χ0v) is 27.6. The predicted octanol–water partition coefficient (Wildman–Crippen LogP) is 5.59. The van der Waals surface area contributed by atoms with Gasteiger partial charge in [-0.1, -0.05) is 74.0 Å². The molecule has 248 valence electrons. The fourth-order valence-electron chi connectivity index (χ4n) is 5.07. The van der Waals surface area contributed by atoms with Crippen molar-refractivity contribution in [3.63, 3.8) is 0 Å². The average molecular weight is 662 g/mol. The molecule has 11 heteroatoms. The summed E-state index contributed by atoms with van der Waals surface area (Å²) < 4.78 is 54.0. The van der Waals surface area contributed by atoms with Crippen LogP contribution in [0.3, 0.4) is 0 Å². The number of nitrogens with one attached hydrogen (secondary N) is 1. The van der Waals surface area contributed by atoms with Crippen molar-refractivity contribution in [1.82, 2.24) is 10.2 Å². The molecule has 0 fully saturated rings. The Balaban J connectivity index is 1.79. The molecule has 2 amide bonds. The van der Waals surface area contributed by atoms with Gasteiger partial charge in [0.05, 0.1) is 24.8 Å². The van der Waals surface area contributed by atoms with Crippen molar-refractivity contribution in [1.29, 1.82) is 0 Å². The Morgan fingerprint density at radius 2 is 1.47 bits per heavy atom. The molecule has 4 rings (SSSR count). The lowest BCUT2D eigenvalue weighted by molar-refractivity contribution is -0.140. The van der Waals surface area contributed by atoms with Crippen molar-refractivity contribution < 1.29 is 31.9 Å². The first-order chi connectivity index (χ1) is 22.7. The van der Waals surface area contributed by atoms with Gasteiger partial charge in [0.2, 0.25) is 11.8 Å². The van der Waals surface area contributed by atoms with Gasteiger partial charge in [0.25, 0.3) is 10.0 Å². The van der Waals surface area contributed by atoms with Crippen LogP contribution in [-0.4, -0.2) is 58.5 Å². The Kier molecular flexibility index (Phi) is 12.3. The number of carbonyl (C=O) groups excluding carboxylic acids is 2. The molecule has 0 aromatic heterocycles. The van der Waals surface area contributed by atoms with Crippen molar-refractivity contribution in [3.8, 4) is 11.5 Å². The Morgan fingerprint density at radius 1 is 0.830 bits per heavy atom. The van der Waals surface area contributed by atoms with E-state index in [1.165, 1.54) is 49.5 Å². The van der Waals surface area contributed by atoms with Gasteiger partial charge in [0, 0.05) is 25.6 Å². The third-order valence-electron chi connectivity index (χ3n) is 7.63. The van der Waals surface area contributed by atoms with Crippen molar-refractivity contribution in [2.75, 3.05) is 31.6 Å². The van der Waals surface area contributed by atoms with E-state index in [9.17, 15) is 22.4 Å². The molecular weight excluding hydrogens is 621 g/mol. The topological polar surface area (TPSA) is 105 Å². The fraction of sp³-hybridized carbons (Fsp3) is 0.278. The second-order valence-corrected chi connectivity index (χ2v) is 12.7. The zero-order valence-electron chi connectivity index (χ0n) is 26.8. The van der Waals surface area contributed by atoms with E-state index in [1.807, 2.05) is 37.3 Å². The summed E-state index contributed by atoms with van der Waals surface area (Å²) in [4.78, 5) is 29.5. The Labute approximate surface area is 276 Å². The third kappa shape index (κ3) is 9.10. The molecule has 0 saturated heterocycles. The molecule has 0 spiro atoms. The standard InChI is InChI=1S/C36H40FN3O6S/c1-4-5-22-38-36(42)32(23-27-12-8-6-9-13-27)39(25-28-16-18-29(37)19-17-28)35(41)26-40(30-14-10-7-11-15-30)47(43,44)31-20-21-33(45-2)34(24-31)46-3/h6-21,24,32H,4-5,22-23,25-26H2,1-3H3,(H,38,42)/t32-/m0/s1. The molecule has 47 heavy (non-hydrogen) atoms. The van der Waals surface area contributed by atoms with E-state index in [4.69, 9.17) is 9.47 Å². The van der Waals surface area contributed by atoms with Gasteiger partial charge in [0.15, 0.2) is 11.5 Å². The van der Waals surface area contributed by atoms with E-state index in [2.05, 4.69) is 5.32 Å². The minimum atomic E-state index is -4.34. The second kappa shape index (κ2) is 16.6. The number of nitrogens with zero attached hydrogens (tertiary/aromatic N) is 2. The smallest absolute Gasteiger partial charge is 0.264 e. The normalized spacial score (nSPS) is 11.7. The Morgan fingerprint density at radius 3 is 2.09 bits per heavy atom. The molecular formula is C36H40FN3O6S. The number of rotatable bonds is 16. The van der Waals surface area contributed by atoms with Crippen molar-refractivity contribution >= 4 is 27.5 Å². The number of halogens is 1. The van der Waals surface area contributed by atoms with Crippen molar-refractivity contribution in [2.24, 2.45) is 0 Å². The minimum absolute atomic E-state index is 0.0587. The lowest BCUT2D eigenvalue weighted by atomic mass is 10.0. The van der Waals surface area contributed by atoms with Crippen LogP contribution in [-0.2, 0) is 32.6 Å². The van der Waals surface area contributed by atoms with Crippen LogP contribution < -0.4 is 19.1 Å². The van der Waals surface area contributed by atoms with Gasteiger partial charge in [-0.05, 0) is 53.9 Å². The fourth-order valence-corrected chi connectivity index (χ4v) is 6.50. The number of unbranched alkanes of at least 4 members (excludes halogenated alkanes) is 1. The highest BCUT2D eigenvalue weighted by Gasteiger charge is 2.35. The molecule has 0 bridgehead atoms. The summed E-state index contributed by atoms with van der Waals surface area (Å²) in [5.41, 5.74) is 1.65. The van der Waals surface area contributed by atoms with E-state index in [0.717, 1.165) is 22.7 Å². The number of sulfonamides is 1. The van der Waals surface area contributed by atoms with Crippen LogP contribution in [0.15, 0.2) is 108 Å². The Bertz CT molecular complexity index is 1720. The summed E-state index contributed by atoms with van der Waals surface area (Å²) in [7, 11) is -1.49. The number of carbonyl (C=O) groups is 2. The monoisotopic (exact) mass is 661 g/mol. The van der Waals surface area contributed by atoms with Crippen LogP contribution in [0.5, 0.6) is 11.5 Å². The maximum atomic E-state index is 14.5. The molecule has 0 radical (unpaired) electrons. The average Bonchev–Trinajstić information content (AvgIpc) is 3.09. The number of benzene rings is 4. The number of anilines is 1. The number of hydrogen-bond acceptors (Lipinski definition) is 6. The minimum Gasteiger partial charge on any atom is -0.493 e. The molecule has 4 aromatic carbocycles. The van der Waals surface area contributed by atoms with Crippen molar-refractivity contribution in [3.05, 3.63) is 120 Å². The van der Waals surface area contributed by atoms with Gasteiger partial charge < -0.3 is 19.7 Å². The molecule has 0 aliphatic carbocycles. The maximum absolute atomic E-state index is 14.5. The van der Waals surface area contributed by atoms with Gasteiger partial charge in [-0.25, -0.2) is 12.8 Å². The van der Waals surface area contributed by atoms with E-state index in [-0.39, 0.29) is 35.2 Å². The summed E-state index contributed by atoms with van der Waals surface area (Å²) >= 11 is 0. The molecule has 0 unspecified atom stereocenters. The summed E-state index contributed by atoms with van der Waals surface area (Å²) in [6.07, 6.45) is 1.79. The molecule has 0 heterocycles. The molecule has 1 atom stereocenters. The van der Waals surface area contributed by atoms with Crippen LogP contribution >= 0.6 is 0 Å². The number of para-hydroxylation sites is 1. The first-order valence-electron chi connectivity index (χ1n) is 15.3.